The summed E-state index contributed by atoms with van der Waals surface area (Å²) in [5.41, 5.74) is 2.13. The number of hydrogen-bond acceptors (Lipinski definition) is 18. The predicted molar refractivity (Wildman–Crippen MR) is 505 cm³/mol. The molecule has 7 rings (SSSR count). The Hall–Kier alpha value is -9.16. The number of hydroxylamine groups is 2. The number of aryl methyl sites for hydroxylation is 2. The fourth-order valence-electron chi connectivity index (χ4n) is 11.1. The Morgan fingerprint density at radius 3 is 1.08 bits per heavy atom. The van der Waals surface area contributed by atoms with E-state index >= 15 is 0 Å². The van der Waals surface area contributed by atoms with Crippen LogP contribution in [0.25, 0.3) is 11.0 Å². The van der Waals surface area contributed by atoms with Crippen molar-refractivity contribution in [1.29, 1.82) is 0 Å². The van der Waals surface area contributed by atoms with E-state index in [1.54, 1.807) is 136 Å². The molecule has 6 aromatic carbocycles. The van der Waals surface area contributed by atoms with Crippen LogP contribution in [0.2, 0.25) is 10.0 Å². The zero-order chi connectivity index (χ0) is 97.2. The molecule has 0 fully saturated rings. The first kappa shape index (κ1) is 122. The van der Waals surface area contributed by atoms with Crippen LogP contribution >= 0.6 is 34.8 Å². The van der Waals surface area contributed by atoms with Crippen molar-refractivity contribution in [2.75, 3.05) is 14.2 Å². The summed E-state index contributed by atoms with van der Waals surface area (Å²) in [6, 6.07) is 45.1. The number of nitrogens with zero attached hydrogens (tertiary/aromatic N) is 1. The normalized spacial score (nSPS) is 12.2. The summed E-state index contributed by atoms with van der Waals surface area (Å²) >= 11 is 16.6. The second-order valence-electron chi connectivity index (χ2n) is 36.3. The van der Waals surface area contributed by atoms with Crippen LogP contribution in [0.15, 0.2) is 167 Å². The molecule has 1 heterocycles. The number of Topliss-reactive ketones (excluding diaryl/α,β-unsaturated/α-hetero) is 2. The van der Waals surface area contributed by atoms with E-state index in [0.29, 0.717) is 59.4 Å². The quantitative estimate of drug-likeness (QED) is 0.00964. The van der Waals surface area contributed by atoms with Gasteiger partial charge in [-0.05, 0) is 205 Å². The van der Waals surface area contributed by atoms with E-state index in [9.17, 15) is 57.1 Å². The van der Waals surface area contributed by atoms with E-state index in [-0.39, 0.29) is 103 Å². The number of carboxylic acids is 1. The summed E-state index contributed by atoms with van der Waals surface area (Å²) in [6.45, 7) is 49.1. The molecule has 0 saturated heterocycles. The van der Waals surface area contributed by atoms with Gasteiger partial charge < -0.3 is 83.7 Å². The molecule has 31 heteroatoms. The summed E-state index contributed by atoms with van der Waals surface area (Å²) in [7, 11) is 2.89. The number of hydrogen-bond donors (Lipinski definition) is 6. The minimum Gasteiger partial charge on any atom is -1.00 e. The second-order valence-corrected chi connectivity index (χ2v) is 37.5. The van der Waals surface area contributed by atoms with E-state index in [1.165, 1.54) is 31.9 Å². The SMILES string of the molecule is CC(C)[C@@H](NC(=O)OC(C)(C)C)C(=O)CCc1ccccc1.CC(C)[C@@H](NC(=O)OC(C)(C)C)C(=O)CCc1ccccc1.CC(C)[C@@H](NC(=O)OC(C)(C)C)C(=O)O.CC(C)[C@@H](NC(=O)OC(C)(C)C)c1oc2cc(Cl)ccc2c(=O)c1Cc1ccccc1.CON(C)C(=O)[C@H](NC(=O)OC(C)(C)C)C(C)C.O=C(Cl)c1ccc(Cl)cc1F.[Br-].[CH2-]Cc1ccccc1.[Mg+2]. The number of aliphatic carboxylic acids is 1. The molecule has 0 radical (unpaired) electrons. The average molecular weight is 1930 g/mol. The van der Waals surface area contributed by atoms with Crippen molar-refractivity contribution in [3.05, 3.63) is 230 Å². The number of alkyl carbamates (subject to hydrolysis) is 5. The van der Waals surface area contributed by atoms with Crippen molar-refractivity contribution in [2.45, 2.75) is 270 Å². The maximum atomic E-state index is 13.5. The number of likely N-dealkylation sites (N-methyl/N-ethyl adjacent to an activating group) is 1. The molecule has 0 aliphatic carbocycles. The molecule has 129 heavy (non-hydrogen) atoms. The standard InChI is InChI=1S/C25H28ClNO4.2C18H27NO3.C12H24N2O4.C10H19NO4.C8H9.C7H3Cl2FO.BrH.Mg/c1-15(2)21(27-24(29)31-25(3,4)5)23-19(13-16-9-7-6-8-10-16)22(28)18-12-11-17(26)14-20(18)30-23;2*1-13(2)16(19-17(21)22-18(3,4)5)15(20)12-11-14-9-7-6-8-10-14;1-8(2)9(10(15)14(6)17-7)13-11(16)18-12(3,4)5;1-6(2)7(8(12)13)11-9(14)15-10(3,4)5;1-2-8-6-4-3-5-7-8;8-4-1-2-5(7(9)11)6(10)3-4;;/h6-12,14-15,21H,13H2,1-5H3,(H,27,29);2*6-10,13,16H,11-12H2,1-5H3,(H,19,21);8-9H,1-7H3,(H,13,16);6-7H,1-5H3,(H,11,14)(H,12,13);3-7H,1-2H2;1-3H;1H;/q;;;;;-1;;;+2/p-1/t21-;2*16-;9-;7-;;;;/m11111..../s1. The van der Waals surface area contributed by atoms with Crippen molar-refractivity contribution in [2.24, 2.45) is 29.6 Å². The Bertz CT molecular complexity index is 4560. The van der Waals surface area contributed by atoms with Gasteiger partial charge in [0, 0.05) is 48.0 Å². The first-order chi connectivity index (χ1) is 58.7. The topological polar surface area (TPSA) is 340 Å². The molecule has 0 aliphatic rings. The number of nitrogens with one attached hydrogen (secondary N) is 5. The second kappa shape index (κ2) is 59.3. The number of ether oxygens (including phenoxy) is 5. The van der Waals surface area contributed by atoms with Crippen LogP contribution in [0.4, 0.5) is 28.4 Å². The molecule has 5 atom stereocenters. The van der Waals surface area contributed by atoms with Gasteiger partial charge in [-0.3, -0.25) is 28.8 Å². The molecule has 25 nitrogen and oxygen atoms in total. The number of ketones is 2. The molecule has 6 amide bonds. The van der Waals surface area contributed by atoms with Gasteiger partial charge in [-0.1, -0.05) is 219 Å². The number of amides is 6. The first-order valence-electron chi connectivity index (χ1n) is 42.1. The number of rotatable bonds is 26. The number of benzene rings is 6. The van der Waals surface area contributed by atoms with Gasteiger partial charge in [-0.2, -0.15) is 6.42 Å². The molecule has 0 unspecified atom stereocenters. The van der Waals surface area contributed by atoms with E-state index in [0.717, 1.165) is 34.2 Å². The van der Waals surface area contributed by atoms with Crippen molar-refractivity contribution in [3.8, 4) is 0 Å². The Morgan fingerprint density at radius 2 is 0.775 bits per heavy atom. The van der Waals surface area contributed by atoms with Crippen LogP contribution in [-0.4, -0.2) is 159 Å². The van der Waals surface area contributed by atoms with Crippen LogP contribution in [0.1, 0.15) is 236 Å². The molecule has 1 aromatic heterocycles. The smallest absolute Gasteiger partial charge is 1.00 e. The van der Waals surface area contributed by atoms with Gasteiger partial charge >= 0.3 is 59.5 Å². The van der Waals surface area contributed by atoms with Crippen LogP contribution in [-0.2, 0) is 73.4 Å². The minimum absolute atomic E-state index is 0. The van der Waals surface area contributed by atoms with Crippen molar-refractivity contribution < 1.29 is 107 Å². The number of carboxylic acid groups (broad SMARTS) is 1. The van der Waals surface area contributed by atoms with Crippen molar-refractivity contribution in [3.63, 3.8) is 0 Å². The van der Waals surface area contributed by atoms with Gasteiger partial charge in [0.1, 0.15) is 57.2 Å². The van der Waals surface area contributed by atoms with E-state index < -0.39 is 106 Å². The van der Waals surface area contributed by atoms with Gasteiger partial charge in [0.2, 0.25) is 0 Å². The summed E-state index contributed by atoms with van der Waals surface area (Å²) in [6.07, 6.45) is 0.479. The van der Waals surface area contributed by atoms with Crippen LogP contribution in [0, 0.1) is 42.3 Å². The molecule has 0 saturated carbocycles. The molecular weight excluding hydrogens is 1790 g/mol. The monoisotopic (exact) mass is 1930 g/mol. The Labute approximate surface area is 804 Å². The van der Waals surface area contributed by atoms with Gasteiger partial charge in [0.15, 0.2) is 17.0 Å². The van der Waals surface area contributed by atoms with E-state index in [1.807, 2.05) is 165 Å². The number of carbonyl (C=O) groups is 10. The molecule has 7 aromatic rings. The largest absolute Gasteiger partial charge is 2.00 e. The molecule has 710 valence electrons. The maximum absolute atomic E-state index is 13.5. The number of halogens is 5. The summed E-state index contributed by atoms with van der Waals surface area (Å²) < 4.78 is 44.9. The van der Waals surface area contributed by atoms with Gasteiger partial charge in [-0.25, -0.2) is 38.2 Å². The summed E-state index contributed by atoms with van der Waals surface area (Å²) in [5, 5.41) is 23.4. The van der Waals surface area contributed by atoms with Crippen LogP contribution in [0.5, 0.6) is 0 Å². The zero-order valence-electron chi connectivity index (χ0n) is 80.1. The van der Waals surface area contributed by atoms with Crippen molar-refractivity contribution in [1.82, 2.24) is 31.6 Å². The average Bonchev–Trinajstić information content (AvgIpc) is 0.767. The van der Waals surface area contributed by atoms with Gasteiger partial charge in [-0.15, -0.1) is 0 Å². The Kier molecular flexibility index (Phi) is 56.0. The number of fused-ring (bicyclic) bond motifs is 1. The minimum atomic E-state index is -1.06. The fourth-order valence-corrected chi connectivity index (χ4v) is 11.6. The molecule has 6 N–H and O–H groups in total. The summed E-state index contributed by atoms with van der Waals surface area (Å²) in [5.74, 6) is -1.85. The maximum Gasteiger partial charge on any atom is 2.00 e. The third kappa shape index (κ3) is 52.5. The third-order valence-corrected chi connectivity index (χ3v) is 17.9. The zero-order valence-corrected chi connectivity index (χ0v) is 85.3. The van der Waals surface area contributed by atoms with E-state index in [4.69, 9.17) is 72.8 Å². The third-order valence-electron chi connectivity index (χ3n) is 17.3. The molecular formula is C98H137BrCl3FMgN6O19. The van der Waals surface area contributed by atoms with Crippen LogP contribution < -0.4 is 49.0 Å². The molecule has 0 aliphatic heterocycles. The molecule has 0 spiro atoms. The fraction of sp³-hybridized carbons (Fsp3) is 0.490. The Morgan fingerprint density at radius 1 is 0.457 bits per heavy atom. The van der Waals surface area contributed by atoms with Gasteiger partial charge in [0.25, 0.3) is 11.1 Å². The van der Waals surface area contributed by atoms with Gasteiger partial charge in [0.05, 0.1) is 36.2 Å². The molecule has 0 bridgehead atoms. The Balaban J connectivity index is 0. The van der Waals surface area contributed by atoms with Crippen molar-refractivity contribution >= 4 is 128 Å². The van der Waals surface area contributed by atoms with Crippen LogP contribution in [0.3, 0.4) is 0 Å². The van der Waals surface area contributed by atoms with E-state index in [2.05, 4.69) is 45.6 Å². The predicted octanol–water partition coefficient (Wildman–Crippen LogP) is 18.5. The number of carbonyl (C=O) groups excluding carboxylic acids is 9. The first-order valence-corrected chi connectivity index (χ1v) is 43.2. The summed E-state index contributed by atoms with van der Waals surface area (Å²) in [4.78, 5) is 135.